The lowest BCUT2D eigenvalue weighted by atomic mass is 9.86. The fourth-order valence-electron chi connectivity index (χ4n) is 3.35. The van der Waals surface area contributed by atoms with Crippen LogP contribution in [0.4, 0.5) is 0 Å². The molecule has 23 heavy (non-hydrogen) atoms. The highest BCUT2D eigenvalue weighted by atomic mass is 16.5. The van der Waals surface area contributed by atoms with E-state index in [9.17, 15) is 5.11 Å². The summed E-state index contributed by atoms with van der Waals surface area (Å²) in [6.07, 6.45) is 1.98. The third-order valence-corrected chi connectivity index (χ3v) is 4.59. The zero-order valence-corrected chi connectivity index (χ0v) is 13.8. The van der Waals surface area contributed by atoms with Gasteiger partial charge in [0.15, 0.2) is 0 Å². The SMILES string of the molecule is COc1ccc([C@@](C)(O)[C@H]2CCCN2Cc2nnc(C)o2)cc1. The van der Waals surface area contributed by atoms with Crippen LogP contribution in [0.3, 0.4) is 0 Å². The fraction of sp³-hybridized carbons (Fsp3) is 0.529. The summed E-state index contributed by atoms with van der Waals surface area (Å²) in [5.41, 5.74) is -0.0606. The van der Waals surface area contributed by atoms with Gasteiger partial charge in [-0.15, -0.1) is 10.2 Å². The summed E-state index contributed by atoms with van der Waals surface area (Å²) in [6.45, 7) is 5.14. The molecule has 1 fully saturated rings. The van der Waals surface area contributed by atoms with Gasteiger partial charge in [0.05, 0.1) is 13.7 Å². The number of nitrogens with zero attached hydrogens (tertiary/aromatic N) is 3. The summed E-state index contributed by atoms with van der Waals surface area (Å²) in [6, 6.07) is 7.62. The number of hydrogen-bond donors (Lipinski definition) is 1. The number of aromatic nitrogens is 2. The lowest BCUT2D eigenvalue weighted by Gasteiger charge is -2.36. The average Bonchev–Trinajstić information content (AvgIpc) is 3.17. The van der Waals surface area contributed by atoms with E-state index in [0.717, 1.165) is 30.7 Å². The molecule has 1 aliphatic heterocycles. The van der Waals surface area contributed by atoms with Crippen molar-refractivity contribution < 1.29 is 14.3 Å². The van der Waals surface area contributed by atoms with E-state index in [1.54, 1.807) is 14.0 Å². The van der Waals surface area contributed by atoms with Gasteiger partial charge in [0.2, 0.25) is 11.8 Å². The van der Waals surface area contributed by atoms with E-state index in [0.29, 0.717) is 18.3 Å². The summed E-state index contributed by atoms with van der Waals surface area (Å²) >= 11 is 0. The molecule has 6 heteroatoms. The normalized spacial score (nSPS) is 21.3. The van der Waals surface area contributed by atoms with Crippen LogP contribution in [0.25, 0.3) is 0 Å². The molecule has 1 aromatic carbocycles. The van der Waals surface area contributed by atoms with Gasteiger partial charge >= 0.3 is 0 Å². The van der Waals surface area contributed by atoms with Gasteiger partial charge in [-0.3, -0.25) is 4.90 Å². The number of likely N-dealkylation sites (tertiary alicyclic amines) is 1. The minimum atomic E-state index is -0.947. The Bertz CT molecular complexity index is 651. The van der Waals surface area contributed by atoms with Crippen molar-refractivity contribution in [2.75, 3.05) is 13.7 Å². The first-order chi connectivity index (χ1) is 11.0. The standard InChI is InChI=1S/C17H23N3O3/c1-12-18-19-16(23-12)11-20-10-4-5-15(20)17(2,21)13-6-8-14(22-3)9-7-13/h6-9,15,21H,4-5,10-11H2,1-3H3/t15-,17-/m1/s1. The highest BCUT2D eigenvalue weighted by Gasteiger charge is 2.40. The Morgan fingerprint density at radius 3 is 2.70 bits per heavy atom. The molecule has 0 bridgehead atoms. The molecule has 0 amide bonds. The zero-order chi connectivity index (χ0) is 16.4. The van der Waals surface area contributed by atoms with Gasteiger partial charge < -0.3 is 14.3 Å². The molecule has 124 valence electrons. The Morgan fingerprint density at radius 2 is 2.09 bits per heavy atom. The van der Waals surface area contributed by atoms with E-state index in [4.69, 9.17) is 9.15 Å². The molecule has 0 unspecified atom stereocenters. The summed E-state index contributed by atoms with van der Waals surface area (Å²) in [4.78, 5) is 2.22. The molecule has 6 nitrogen and oxygen atoms in total. The molecule has 0 radical (unpaired) electrons. The van der Waals surface area contributed by atoms with Crippen molar-refractivity contribution in [3.8, 4) is 5.75 Å². The molecule has 1 aliphatic rings. The lowest BCUT2D eigenvalue weighted by Crippen LogP contribution is -2.45. The molecular formula is C17H23N3O3. The Hall–Kier alpha value is -1.92. The maximum atomic E-state index is 11.2. The molecule has 1 saturated heterocycles. The first-order valence-corrected chi connectivity index (χ1v) is 7.90. The van der Waals surface area contributed by atoms with Gasteiger partial charge in [-0.05, 0) is 44.0 Å². The van der Waals surface area contributed by atoms with E-state index in [2.05, 4.69) is 15.1 Å². The predicted molar refractivity (Wildman–Crippen MR) is 85.0 cm³/mol. The van der Waals surface area contributed by atoms with E-state index >= 15 is 0 Å². The Morgan fingerprint density at radius 1 is 1.35 bits per heavy atom. The monoisotopic (exact) mass is 317 g/mol. The van der Waals surface area contributed by atoms with E-state index < -0.39 is 5.60 Å². The molecule has 1 aromatic heterocycles. The highest BCUT2D eigenvalue weighted by Crippen LogP contribution is 2.35. The molecule has 0 spiro atoms. The minimum Gasteiger partial charge on any atom is -0.497 e. The van der Waals surface area contributed by atoms with Crippen LogP contribution in [0.1, 0.15) is 37.1 Å². The highest BCUT2D eigenvalue weighted by molar-refractivity contribution is 5.31. The van der Waals surface area contributed by atoms with E-state index in [1.807, 2.05) is 31.2 Å². The van der Waals surface area contributed by atoms with Crippen molar-refractivity contribution in [2.24, 2.45) is 0 Å². The van der Waals surface area contributed by atoms with Crippen LogP contribution in [0, 0.1) is 6.92 Å². The summed E-state index contributed by atoms with van der Waals surface area (Å²) in [5.74, 6) is 1.95. The van der Waals surface area contributed by atoms with Crippen LogP contribution in [-0.2, 0) is 12.1 Å². The van der Waals surface area contributed by atoms with Crippen molar-refractivity contribution >= 4 is 0 Å². The fourth-order valence-corrected chi connectivity index (χ4v) is 3.35. The molecule has 2 atom stereocenters. The topological polar surface area (TPSA) is 71.6 Å². The Labute approximate surface area is 136 Å². The predicted octanol–water partition coefficient (Wildman–Crippen LogP) is 2.26. The van der Waals surface area contributed by atoms with Gasteiger partial charge in [0, 0.05) is 13.0 Å². The second-order valence-electron chi connectivity index (χ2n) is 6.22. The number of rotatable bonds is 5. The Kier molecular flexibility index (Phi) is 4.37. The van der Waals surface area contributed by atoms with Crippen molar-refractivity contribution in [1.29, 1.82) is 0 Å². The van der Waals surface area contributed by atoms with Crippen molar-refractivity contribution in [3.05, 3.63) is 41.6 Å². The van der Waals surface area contributed by atoms with Gasteiger partial charge in [-0.2, -0.15) is 0 Å². The van der Waals surface area contributed by atoms with Crippen LogP contribution in [0.15, 0.2) is 28.7 Å². The first-order valence-electron chi connectivity index (χ1n) is 7.90. The smallest absolute Gasteiger partial charge is 0.230 e. The molecular weight excluding hydrogens is 294 g/mol. The van der Waals surface area contributed by atoms with Gasteiger partial charge in [0.1, 0.15) is 11.4 Å². The quantitative estimate of drug-likeness (QED) is 0.912. The van der Waals surface area contributed by atoms with Gasteiger partial charge in [-0.1, -0.05) is 12.1 Å². The number of methoxy groups -OCH3 is 1. The molecule has 2 heterocycles. The van der Waals surface area contributed by atoms with Gasteiger partial charge in [0.25, 0.3) is 0 Å². The zero-order valence-electron chi connectivity index (χ0n) is 13.8. The number of benzene rings is 1. The number of aliphatic hydroxyl groups is 1. The van der Waals surface area contributed by atoms with Crippen molar-refractivity contribution in [3.63, 3.8) is 0 Å². The van der Waals surface area contributed by atoms with Crippen molar-refractivity contribution in [2.45, 2.75) is 44.9 Å². The van der Waals surface area contributed by atoms with E-state index in [1.165, 1.54) is 0 Å². The van der Waals surface area contributed by atoms with Crippen LogP contribution in [-0.4, -0.2) is 39.9 Å². The summed E-state index contributed by atoms with van der Waals surface area (Å²) < 4.78 is 10.7. The summed E-state index contributed by atoms with van der Waals surface area (Å²) in [7, 11) is 1.64. The third-order valence-electron chi connectivity index (χ3n) is 4.59. The maximum absolute atomic E-state index is 11.2. The van der Waals surface area contributed by atoms with Gasteiger partial charge in [-0.25, -0.2) is 0 Å². The summed E-state index contributed by atoms with van der Waals surface area (Å²) in [5, 5.41) is 19.1. The second-order valence-corrected chi connectivity index (χ2v) is 6.22. The number of hydrogen-bond acceptors (Lipinski definition) is 6. The second kappa shape index (κ2) is 6.29. The van der Waals surface area contributed by atoms with Crippen LogP contribution >= 0.6 is 0 Å². The van der Waals surface area contributed by atoms with Crippen LogP contribution in [0.2, 0.25) is 0 Å². The maximum Gasteiger partial charge on any atom is 0.230 e. The minimum absolute atomic E-state index is 0.0168. The largest absolute Gasteiger partial charge is 0.497 e. The molecule has 3 rings (SSSR count). The molecule has 1 N–H and O–H groups in total. The number of aryl methyl sites for hydroxylation is 1. The average molecular weight is 317 g/mol. The van der Waals surface area contributed by atoms with E-state index in [-0.39, 0.29) is 6.04 Å². The lowest BCUT2D eigenvalue weighted by molar-refractivity contribution is -0.0274. The van der Waals surface area contributed by atoms with Crippen molar-refractivity contribution in [1.82, 2.24) is 15.1 Å². The van der Waals surface area contributed by atoms with Crippen LogP contribution in [0.5, 0.6) is 5.75 Å². The molecule has 0 aliphatic carbocycles. The first kappa shape index (κ1) is 16.0. The molecule has 2 aromatic rings. The Balaban J connectivity index is 1.79. The third kappa shape index (κ3) is 3.23. The molecule has 0 saturated carbocycles. The number of ether oxygens (including phenoxy) is 1. The van der Waals surface area contributed by atoms with Crippen LogP contribution < -0.4 is 4.74 Å².